The van der Waals surface area contributed by atoms with Crippen molar-refractivity contribution in [2.75, 3.05) is 5.32 Å². The van der Waals surface area contributed by atoms with E-state index >= 15 is 0 Å². The van der Waals surface area contributed by atoms with Crippen LogP contribution in [0.25, 0.3) is 5.69 Å². The molecule has 1 N–H and O–H groups in total. The van der Waals surface area contributed by atoms with Crippen molar-refractivity contribution in [2.24, 2.45) is 5.92 Å². The SMILES string of the molecule is CCc1ccc(NC(=O)N2Cc3ccccc3-n3cccc3[C@H]2C(C)C)cc1. The van der Waals surface area contributed by atoms with Gasteiger partial charge in [0.1, 0.15) is 0 Å². The highest BCUT2D eigenvalue weighted by Gasteiger charge is 2.33. The number of nitrogens with zero attached hydrogens (tertiary/aromatic N) is 2. The number of benzene rings is 2. The predicted octanol–water partition coefficient (Wildman–Crippen LogP) is 5.78. The van der Waals surface area contributed by atoms with Gasteiger partial charge in [0, 0.05) is 17.6 Å². The quantitative estimate of drug-likeness (QED) is 0.620. The van der Waals surface area contributed by atoms with Crippen LogP contribution in [-0.2, 0) is 13.0 Å². The number of amides is 2. The Hall–Kier alpha value is -3.01. The second-order valence-electron chi connectivity index (χ2n) is 7.73. The average Bonchev–Trinajstić information content (AvgIpc) is 3.12. The van der Waals surface area contributed by atoms with E-state index in [0.717, 1.165) is 29.1 Å². The summed E-state index contributed by atoms with van der Waals surface area (Å²) in [7, 11) is 0. The van der Waals surface area contributed by atoms with Crippen molar-refractivity contribution >= 4 is 11.7 Å². The van der Waals surface area contributed by atoms with Crippen LogP contribution in [-0.4, -0.2) is 15.5 Å². The molecule has 0 saturated heterocycles. The lowest BCUT2D eigenvalue weighted by molar-refractivity contribution is 0.162. The first-order valence-corrected chi connectivity index (χ1v) is 10.0. The molecule has 2 aromatic carbocycles. The molecule has 0 fully saturated rings. The molecule has 3 aromatic rings. The molecule has 0 spiro atoms. The summed E-state index contributed by atoms with van der Waals surface area (Å²) in [5.74, 6) is 0.288. The van der Waals surface area contributed by atoms with E-state index in [1.165, 1.54) is 5.56 Å². The minimum Gasteiger partial charge on any atom is -0.318 e. The van der Waals surface area contributed by atoms with Crippen LogP contribution in [0.1, 0.15) is 43.6 Å². The molecule has 0 saturated carbocycles. The maximum Gasteiger partial charge on any atom is 0.322 e. The van der Waals surface area contributed by atoms with E-state index in [0.29, 0.717) is 6.54 Å². The van der Waals surface area contributed by atoms with Crippen LogP contribution in [0.15, 0.2) is 66.9 Å². The van der Waals surface area contributed by atoms with Gasteiger partial charge in [-0.3, -0.25) is 0 Å². The Morgan fingerprint density at radius 2 is 1.82 bits per heavy atom. The van der Waals surface area contributed by atoms with Crippen molar-refractivity contribution in [3.05, 3.63) is 83.7 Å². The van der Waals surface area contributed by atoms with E-state index in [-0.39, 0.29) is 18.0 Å². The van der Waals surface area contributed by atoms with Crippen LogP contribution in [0, 0.1) is 5.92 Å². The zero-order valence-electron chi connectivity index (χ0n) is 16.7. The summed E-state index contributed by atoms with van der Waals surface area (Å²) >= 11 is 0. The van der Waals surface area contributed by atoms with Gasteiger partial charge in [0.05, 0.1) is 18.3 Å². The van der Waals surface area contributed by atoms with Gasteiger partial charge in [-0.25, -0.2) is 4.79 Å². The molecule has 0 unspecified atom stereocenters. The van der Waals surface area contributed by atoms with E-state index in [1.807, 2.05) is 23.1 Å². The topological polar surface area (TPSA) is 37.3 Å². The van der Waals surface area contributed by atoms with Gasteiger partial charge >= 0.3 is 6.03 Å². The normalized spacial score (nSPS) is 15.7. The summed E-state index contributed by atoms with van der Waals surface area (Å²) in [4.78, 5) is 15.3. The second-order valence-corrected chi connectivity index (χ2v) is 7.73. The number of nitrogens with one attached hydrogen (secondary N) is 1. The first-order valence-electron chi connectivity index (χ1n) is 10.0. The number of fused-ring (bicyclic) bond motifs is 3. The second kappa shape index (κ2) is 7.55. The molecule has 4 rings (SSSR count). The predicted molar refractivity (Wildman–Crippen MR) is 114 cm³/mol. The Labute approximate surface area is 166 Å². The Morgan fingerprint density at radius 1 is 1.07 bits per heavy atom. The Balaban J connectivity index is 1.71. The monoisotopic (exact) mass is 373 g/mol. The van der Waals surface area contributed by atoms with Crippen molar-refractivity contribution in [2.45, 2.75) is 39.8 Å². The minimum atomic E-state index is -0.0626. The fourth-order valence-corrected chi connectivity index (χ4v) is 4.09. The Morgan fingerprint density at radius 3 is 2.54 bits per heavy atom. The smallest absolute Gasteiger partial charge is 0.318 e. The highest BCUT2D eigenvalue weighted by atomic mass is 16.2. The Kier molecular flexibility index (Phi) is 4.95. The third-order valence-electron chi connectivity index (χ3n) is 5.52. The van der Waals surface area contributed by atoms with Crippen LogP contribution >= 0.6 is 0 Å². The molecular weight excluding hydrogens is 346 g/mol. The Bertz CT molecular complexity index is 972. The third-order valence-corrected chi connectivity index (χ3v) is 5.52. The van der Waals surface area contributed by atoms with Crippen LogP contribution in [0.2, 0.25) is 0 Å². The third kappa shape index (κ3) is 3.31. The average molecular weight is 374 g/mol. The summed E-state index contributed by atoms with van der Waals surface area (Å²) in [6, 6.07) is 20.6. The van der Waals surface area contributed by atoms with E-state index in [1.54, 1.807) is 0 Å². The molecule has 0 radical (unpaired) electrons. The number of urea groups is 1. The number of para-hydroxylation sites is 1. The molecule has 2 heterocycles. The first-order chi connectivity index (χ1) is 13.6. The van der Waals surface area contributed by atoms with Crippen molar-refractivity contribution < 1.29 is 4.79 Å². The van der Waals surface area contributed by atoms with Crippen molar-refractivity contribution in [3.63, 3.8) is 0 Å². The largest absolute Gasteiger partial charge is 0.322 e. The first kappa shape index (κ1) is 18.4. The molecule has 4 heteroatoms. The van der Waals surface area contributed by atoms with Crippen molar-refractivity contribution in [1.29, 1.82) is 0 Å². The lowest BCUT2D eigenvalue weighted by Gasteiger charge is -2.33. The maximum atomic E-state index is 13.3. The fraction of sp³-hybridized carbons (Fsp3) is 0.292. The highest BCUT2D eigenvalue weighted by Crippen LogP contribution is 2.36. The fourth-order valence-electron chi connectivity index (χ4n) is 4.09. The molecule has 4 nitrogen and oxygen atoms in total. The number of carbonyl (C=O) groups excluding carboxylic acids is 1. The van der Waals surface area contributed by atoms with E-state index in [2.05, 4.69) is 79.3 Å². The van der Waals surface area contributed by atoms with Gasteiger partial charge in [0.25, 0.3) is 0 Å². The van der Waals surface area contributed by atoms with Gasteiger partial charge in [0.2, 0.25) is 0 Å². The van der Waals surface area contributed by atoms with Gasteiger partial charge in [0.15, 0.2) is 0 Å². The maximum absolute atomic E-state index is 13.3. The van der Waals surface area contributed by atoms with Crippen LogP contribution in [0.4, 0.5) is 10.5 Å². The van der Waals surface area contributed by atoms with E-state index in [4.69, 9.17) is 0 Å². The molecule has 144 valence electrons. The van der Waals surface area contributed by atoms with Crippen LogP contribution < -0.4 is 5.32 Å². The number of hydrogen-bond acceptors (Lipinski definition) is 1. The number of hydrogen-bond donors (Lipinski definition) is 1. The van der Waals surface area contributed by atoms with Crippen LogP contribution in [0.3, 0.4) is 0 Å². The van der Waals surface area contributed by atoms with Gasteiger partial charge in [-0.05, 0) is 53.8 Å². The van der Waals surface area contributed by atoms with E-state index in [9.17, 15) is 4.79 Å². The molecule has 1 aliphatic heterocycles. The number of anilines is 1. The zero-order valence-corrected chi connectivity index (χ0v) is 16.7. The van der Waals surface area contributed by atoms with Gasteiger partial charge in [-0.2, -0.15) is 0 Å². The van der Waals surface area contributed by atoms with Crippen molar-refractivity contribution in [3.8, 4) is 5.69 Å². The van der Waals surface area contributed by atoms with Crippen LogP contribution in [0.5, 0.6) is 0 Å². The van der Waals surface area contributed by atoms with Gasteiger partial charge in [-0.1, -0.05) is 51.1 Å². The lowest BCUT2D eigenvalue weighted by atomic mass is 9.99. The molecule has 2 amide bonds. The highest BCUT2D eigenvalue weighted by molar-refractivity contribution is 5.89. The molecule has 1 atom stereocenters. The summed E-state index contributed by atoms with van der Waals surface area (Å²) in [5.41, 5.74) is 5.55. The van der Waals surface area contributed by atoms with Crippen molar-refractivity contribution in [1.82, 2.24) is 9.47 Å². The molecular formula is C24H27N3O. The minimum absolute atomic E-state index is 0.00249. The molecule has 1 aromatic heterocycles. The van der Waals surface area contributed by atoms with E-state index < -0.39 is 0 Å². The summed E-state index contributed by atoms with van der Waals surface area (Å²) in [6.45, 7) is 7.06. The van der Waals surface area contributed by atoms with Gasteiger partial charge < -0.3 is 14.8 Å². The summed E-state index contributed by atoms with van der Waals surface area (Å²) in [6.07, 6.45) is 3.08. The van der Waals surface area contributed by atoms with Gasteiger partial charge in [-0.15, -0.1) is 0 Å². The summed E-state index contributed by atoms with van der Waals surface area (Å²) < 4.78 is 2.23. The lowest BCUT2D eigenvalue weighted by Crippen LogP contribution is -2.39. The molecule has 1 aliphatic rings. The molecule has 0 aliphatic carbocycles. The standard InChI is InChI=1S/C24H27N3O/c1-4-18-11-13-20(14-12-18)25-24(28)27-16-19-8-5-6-9-21(19)26-15-7-10-22(26)23(27)17(2)3/h5-15,17,23H,4,16H2,1-3H3,(H,25,28)/t23-/m1/s1. The zero-order chi connectivity index (χ0) is 19.7. The number of rotatable bonds is 3. The number of aryl methyl sites for hydroxylation is 1. The molecule has 0 bridgehead atoms. The number of carbonyl (C=O) groups is 1. The molecule has 28 heavy (non-hydrogen) atoms. The number of aromatic nitrogens is 1. The summed E-state index contributed by atoms with van der Waals surface area (Å²) in [5, 5.41) is 3.11.